The molecule has 0 unspecified atom stereocenters. The van der Waals surface area contributed by atoms with Crippen LogP contribution < -0.4 is 15.0 Å². The lowest BCUT2D eigenvalue weighted by Gasteiger charge is -2.31. The van der Waals surface area contributed by atoms with E-state index in [4.69, 9.17) is 4.74 Å². The first-order valence-electron chi connectivity index (χ1n) is 8.39. The molecular formula is C20H19N3O3. The van der Waals surface area contributed by atoms with Gasteiger partial charge in [-0.3, -0.25) is 14.6 Å². The largest absolute Gasteiger partial charge is 0.495 e. The van der Waals surface area contributed by atoms with Crippen LogP contribution in [0.4, 0.5) is 10.5 Å². The van der Waals surface area contributed by atoms with E-state index >= 15 is 0 Å². The molecule has 0 aliphatic carbocycles. The lowest BCUT2D eigenvalue weighted by Crippen LogP contribution is -2.45. The van der Waals surface area contributed by atoms with Gasteiger partial charge in [-0.05, 0) is 17.7 Å². The Morgan fingerprint density at radius 2 is 1.73 bits per heavy atom. The molecule has 6 nitrogen and oxygen atoms in total. The maximum absolute atomic E-state index is 13.3. The molecule has 0 saturated heterocycles. The number of rotatable bonds is 3. The molecule has 4 rings (SSSR count). The van der Waals surface area contributed by atoms with Gasteiger partial charge in [0.25, 0.3) is 5.91 Å². The maximum Gasteiger partial charge on any atom is 0.322 e. The minimum absolute atomic E-state index is 0.120. The Bertz CT molecular complexity index is 908. The van der Waals surface area contributed by atoms with Gasteiger partial charge in [-0.25, -0.2) is 4.79 Å². The second-order valence-electron chi connectivity index (χ2n) is 6.28. The van der Waals surface area contributed by atoms with Crippen LogP contribution in [-0.2, 0) is 4.79 Å². The fraction of sp³-hybridized carbons (Fsp3) is 0.200. The lowest BCUT2D eigenvalue weighted by atomic mass is 9.96. The van der Waals surface area contributed by atoms with Crippen molar-refractivity contribution >= 4 is 17.6 Å². The van der Waals surface area contributed by atoms with Crippen LogP contribution in [0.5, 0.6) is 5.75 Å². The molecule has 0 radical (unpaired) electrons. The first kappa shape index (κ1) is 16.2. The Balaban J connectivity index is 1.78. The number of likely N-dealkylation sites (N-methyl/N-ethyl adjacent to an activating group) is 1. The highest BCUT2D eigenvalue weighted by atomic mass is 16.5. The zero-order chi connectivity index (χ0) is 18.3. The summed E-state index contributed by atoms with van der Waals surface area (Å²) in [5.41, 5.74) is 2.90. The third-order valence-corrected chi connectivity index (χ3v) is 4.87. The number of carbonyl (C=O) groups excluding carboxylic acids is 2. The molecule has 2 aromatic carbocycles. The first-order valence-corrected chi connectivity index (χ1v) is 8.39. The molecule has 0 aromatic heterocycles. The van der Waals surface area contributed by atoms with Crippen LogP contribution in [0.3, 0.4) is 0 Å². The Labute approximate surface area is 151 Å². The monoisotopic (exact) mass is 349 g/mol. The molecule has 0 bridgehead atoms. The second-order valence-corrected chi connectivity index (χ2v) is 6.28. The number of ether oxygens (including phenoxy) is 1. The quantitative estimate of drug-likeness (QED) is 0.927. The standard InChI is InChI=1S/C20H19N3O3/c1-22-15-12-23(14-10-6-7-11-16(14)26-2)19(24)17(15)18(21-20(22)25)13-8-4-3-5-9-13/h3-11,18H,12H2,1-2H3,(H,21,25)/t18-/m1/s1. The zero-order valence-corrected chi connectivity index (χ0v) is 14.6. The number of methoxy groups -OCH3 is 1. The van der Waals surface area contributed by atoms with E-state index < -0.39 is 6.04 Å². The summed E-state index contributed by atoms with van der Waals surface area (Å²) >= 11 is 0. The Morgan fingerprint density at radius 1 is 1.04 bits per heavy atom. The topological polar surface area (TPSA) is 61.9 Å². The highest BCUT2D eigenvalue weighted by molar-refractivity contribution is 6.12. The van der Waals surface area contributed by atoms with E-state index in [1.807, 2.05) is 54.6 Å². The average Bonchev–Trinajstić information content (AvgIpc) is 3.03. The van der Waals surface area contributed by atoms with Gasteiger partial charge in [0, 0.05) is 7.05 Å². The number of benzene rings is 2. The van der Waals surface area contributed by atoms with Gasteiger partial charge in [-0.2, -0.15) is 0 Å². The molecule has 2 heterocycles. The fourth-order valence-electron chi connectivity index (χ4n) is 3.51. The Morgan fingerprint density at radius 3 is 2.46 bits per heavy atom. The molecule has 3 amide bonds. The van der Waals surface area contributed by atoms with Crippen LogP contribution in [0.1, 0.15) is 11.6 Å². The Hall–Kier alpha value is -3.28. The van der Waals surface area contributed by atoms with Gasteiger partial charge in [-0.15, -0.1) is 0 Å². The summed E-state index contributed by atoms with van der Waals surface area (Å²) in [6, 6.07) is 16.3. The van der Waals surface area contributed by atoms with E-state index in [1.54, 1.807) is 19.1 Å². The molecule has 0 saturated carbocycles. The maximum atomic E-state index is 13.3. The molecule has 2 aromatic rings. The van der Waals surface area contributed by atoms with Crippen LogP contribution in [-0.4, -0.2) is 37.5 Å². The van der Waals surface area contributed by atoms with Crippen molar-refractivity contribution in [3.8, 4) is 5.75 Å². The molecule has 1 atom stereocenters. The number of anilines is 1. The highest BCUT2D eigenvalue weighted by Gasteiger charge is 2.43. The van der Waals surface area contributed by atoms with Crippen molar-refractivity contribution in [2.24, 2.45) is 0 Å². The number of para-hydroxylation sites is 2. The minimum Gasteiger partial charge on any atom is -0.495 e. The average molecular weight is 349 g/mol. The number of nitrogens with one attached hydrogen (secondary N) is 1. The molecule has 1 N–H and O–H groups in total. The predicted octanol–water partition coefficient (Wildman–Crippen LogP) is 2.69. The number of hydrogen-bond acceptors (Lipinski definition) is 3. The van der Waals surface area contributed by atoms with Gasteiger partial charge in [-0.1, -0.05) is 42.5 Å². The normalized spacial score (nSPS) is 19.5. The lowest BCUT2D eigenvalue weighted by molar-refractivity contribution is -0.114. The van der Waals surface area contributed by atoms with E-state index in [0.717, 1.165) is 11.3 Å². The smallest absolute Gasteiger partial charge is 0.322 e. The number of amides is 3. The SMILES string of the molecule is COc1ccccc1N1CC2=C(C1=O)[C@@H](c1ccccc1)NC(=O)N2C. The van der Waals surface area contributed by atoms with Gasteiger partial charge in [0.2, 0.25) is 0 Å². The van der Waals surface area contributed by atoms with Crippen LogP contribution in [0.15, 0.2) is 65.9 Å². The van der Waals surface area contributed by atoms with Gasteiger partial charge in [0.05, 0.1) is 36.7 Å². The third-order valence-electron chi connectivity index (χ3n) is 4.87. The molecule has 0 fully saturated rings. The van der Waals surface area contributed by atoms with Crippen molar-refractivity contribution in [2.45, 2.75) is 6.04 Å². The third kappa shape index (κ3) is 2.42. The fourth-order valence-corrected chi connectivity index (χ4v) is 3.51. The van der Waals surface area contributed by atoms with E-state index in [1.165, 1.54) is 4.90 Å². The summed E-state index contributed by atoms with van der Waals surface area (Å²) in [5, 5.41) is 2.94. The summed E-state index contributed by atoms with van der Waals surface area (Å²) in [4.78, 5) is 28.9. The summed E-state index contributed by atoms with van der Waals surface area (Å²) in [5.74, 6) is 0.504. The van der Waals surface area contributed by atoms with Crippen LogP contribution in [0.25, 0.3) is 0 Å². The van der Waals surface area contributed by atoms with E-state index in [2.05, 4.69) is 5.32 Å². The number of carbonyl (C=O) groups is 2. The highest BCUT2D eigenvalue weighted by Crippen LogP contribution is 2.39. The number of nitrogens with zero attached hydrogens (tertiary/aromatic N) is 2. The molecule has 6 heteroatoms. The molecule has 2 aliphatic heterocycles. The van der Waals surface area contributed by atoms with Crippen molar-refractivity contribution in [3.63, 3.8) is 0 Å². The van der Waals surface area contributed by atoms with Gasteiger partial charge in [0.1, 0.15) is 5.75 Å². The van der Waals surface area contributed by atoms with E-state index in [9.17, 15) is 9.59 Å². The van der Waals surface area contributed by atoms with Crippen molar-refractivity contribution in [1.82, 2.24) is 10.2 Å². The van der Waals surface area contributed by atoms with Crippen LogP contribution >= 0.6 is 0 Å². The summed E-state index contributed by atoms with van der Waals surface area (Å²) in [6.45, 7) is 0.335. The number of urea groups is 1. The molecule has 132 valence electrons. The van der Waals surface area contributed by atoms with Crippen molar-refractivity contribution < 1.29 is 14.3 Å². The predicted molar refractivity (Wildman–Crippen MR) is 97.9 cm³/mol. The molecule has 2 aliphatic rings. The molecular weight excluding hydrogens is 330 g/mol. The summed E-state index contributed by atoms with van der Waals surface area (Å²) < 4.78 is 5.41. The minimum atomic E-state index is -0.456. The van der Waals surface area contributed by atoms with Crippen LogP contribution in [0, 0.1) is 0 Å². The van der Waals surface area contributed by atoms with E-state index in [-0.39, 0.29) is 11.9 Å². The zero-order valence-electron chi connectivity index (χ0n) is 14.6. The van der Waals surface area contributed by atoms with E-state index in [0.29, 0.717) is 23.6 Å². The molecule has 26 heavy (non-hydrogen) atoms. The van der Waals surface area contributed by atoms with Crippen molar-refractivity contribution in [1.29, 1.82) is 0 Å². The Kier molecular flexibility index (Phi) is 3.88. The van der Waals surface area contributed by atoms with Gasteiger partial charge >= 0.3 is 6.03 Å². The van der Waals surface area contributed by atoms with Crippen molar-refractivity contribution in [3.05, 3.63) is 71.4 Å². The second kappa shape index (κ2) is 6.22. The summed E-state index contributed by atoms with van der Waals surface area (Å²) in [6.07, 6.45) is 0. The summed E-state index contributed by atoms with van der Waals surface area (Å²) in [7, 11) is 3.27. The van der Waals surface area contributed by atoms with Crippen molar-refractivity contribution in [2.75, 3.05) is 25.6 Å². The van der Waals surface area contributed by atoms with Crippen LogP contribution in [0.2, 0.25) is 0 Å². The van der Waals surface area contributed by atoms with Gasteiger partial charge in [0.15, 0.2) is 0 Å². The number of hydrogen-bond donors (Lipinski definition) is 1. The molecule has 0 spiro atoms. The first-order chi connectivity index (χ1) is 12.6. The van der Waals surface area contributed by atoms with Gasteiger partial charge < -0.3 is 10.1 Å².